The lowest BCUT2D eigenvalue weighted by Gasteiger charge is -2.34. The summed E-state index contributed by atoms with van der Waals surface area (Å²) in [5.74, 6) is 1.70. The first kappa shape index (κ1) is 27.2. The largest absolute Gasteiger partial charge is 0.497 e. The summed E-state index contributed by atoms with van der Waals surface area (Å²) >= 11 is 8.48. The number of methoxy groups -OCH3 is 1. The Kier molecular flexibility index (Phi) is 8.34. The van der Waals surface area contributed by atoms with Crippen molar-refractivity contribution in [2.75, 3.05) is 62.9 Å². The highest BCUT2D eigenvalue weighted by molar-refractivity contribution is 7.96. The minimum absolute atomic E-state index is 0.334. The highest BCUT2D eigenvalue weighted by Crippen LogP contribution is 2.33. The van der Waals surface area contributed by atoms with Crippen LogP contribution in [-0.4, -0.2) is 82.8 Å². The number of imidazole rings is 1. The standard InChI is InChI=1S/C30H36ClN7OS/c1-39-25-9-3-21(4-10-25)20-36-13-11-23(12-14-36)33-27-26(31)19-32-30-28(27)34-29(35-30)22-5-7-24(8-6-22)37-15-17-38(40-2)18-16-37/h3-10,19,23H,11-18,20H2,1-2H3,(H2,32,33,34,35). The monoisotopic (exact) mass is 577 g/mol. The van der Waals surface area contributed by atoms with Crippen molar-refractivity contribution < 1.29 is 4.74 Å². The topological polar surface area (TPSA) is 72.6 Å². The molecule has 0 aliphatic carbocycles. The molecule has 0 radical (unpaired) electrons. The molecule has 2 aliphatic heterocycles. The number of aromatic amines is 1. The van der Waals surface area contributed by atoms with Gasteiger partial charge in [-0.2, -0.15) is 0 Å². The lowest BCUT2D eigenvalue weighted by atomic mass is 10.0. The zero-order chi connectivity index (χ0) is 27.5. The summed E-state index contributed by atoms with van der Waals surface area (Å²) in [6, 6.07) is 17.3. The number of piperidine rings is 1. The highest BCUT2D eigenvalue weighted by atomic mass is 35.5. The molecule has 0 amide bonds. The number of fused-ring (bicyclic) bond motifs is 1. The van der Waals surface area contributed by atoms with E-state index in [9.17, 15) is 0 Å². The number of aromatic nitrogens is 3. The molecule has 0 atom stereocenters. The molecule has 2 saturated heterocycles. The smallest absolute Gasteiger partial charge is 0.159 e. The van der Waals surface area contributed by atoms with Crippen LogP contribution in [0.1, 0.15) is 18.4 Å². The number of pyridine rings is 1. The zero-order valence-electron chi connectivity index (χ0n) is 23.1. The van der Waals surface area contributed by atoms with Gasteiger partial charge in [0.05, 0.1) is 24.0 Å². The number of benzene rings is 2. The van der Waals surface area contributed by atoms with Crippen LogP contribution in [0.4, 0.5) is 11.4 Å². The van der Waals surface area contributed by atoms with Crippen LogP contribution in [0, 0.1) is 0 Å². The van der Waals surface area contributed by atoms with E-state index in [1.165, 1.54) is 11.3 Å². The predicted molar refractivity (Wildman–Crippen MR) is 167 cm³/mol. The number of halogens is 1. The molecule has 0 unspecified atom stereocenters. The molecule has 8 nitrogen and oxygen atoms in total. The number of rotatable bonds is 8. The van der Waals surface area contributed by atoms with Gasteiger partial charge in [-0.25, -0.2) is 14.3 Å². The van der Waals surface area contributed by atoms with Gasteiger partial charge in [0.2, 0.25) is 0 Å². The second-order valence-electron chi connectivity index (χ2n) is 10.5. The number of H-pyrrole nitrogens is 1. The first-order valence-electron chi connectivity index (χ1n) is 13.9. The third-order valence-corrected chi connectivity index (χ3v) is 9.14. The number of likely N-dealkylation sites (tertiary alicyclic amines) is 1. The number of hydrogen-bond acceptors (Lipinski definition) is 8. The molecular formula is C30H36ClN7OS. The van der Waals surface area contributed by atoms with E-state index in [-0.39, 0.29) is 0 Å². The average molecular weight is 578 g/mol. The maximum atomic E-state index is 6.66. The lowest BCUT2D eigenvalue weighted by Crippen LogP contribution is -2.43. The van der Waals surface area contributed by atoms with Crippen LogP contribution in [0.5, 0.6) is 5.75 Å². The Morgan fingerprint density at radius 1 is 1.00 bits per heavy atom. The second-order valence-corrected chi connectivity index (χ2v) is 11.7. The van der Waals surface area contributed by atoms with Crippen molar-refractivity contribution in [3.8, 4) is 17.1 Å². The fraction of sp³-hybridized carbons (Fsp3) is 0.400. The van der Waals surface area contributed by atoms with E-state index >= 15 is 0 Å². The van der Waals surface area contributed by atoms with Crippen LogP contribution in [0.2, 0.25) is 5.02 Å². The highest BCUT2D eigenvalue weighted by Gasteiger charge is 2.22. The summed E-state index contributed by atoms with van der Waals surface area (Å²) in [5.41, 5.74) is 6.00. The van der Waals surface area contributed by atoms with Gasteiger partial charge in [-0.3, -0.25) is 4.90 Å². The summed E-state index contributed by atoms with van der Waals surface area (Å²) in [4.78, 5) is 17.8. The van der Waals surface area contributed by atoms with Gasteiger partial charge >= 0.3 is 0 Å². The van der Waals surface area contributed by atoms with E-state index in [0.29, 0.717) is 11.1 Å². The van der Waals surface area contributed by atoms with Crippen molar-refractivity contribution in [1.29, 1.82) is 0 Å². The van der Waals surface area contributed by atoms with E-state index in [0.717, 1.165) is 92.6 Å². The van der Waals surface area contributed by atoms with Crippen LogP contribution < -0.4 is 15.0 Å². The van der Waals surface area contributed by atoms with Crippen LogP contribution in [-0.2, 0) is 6.54 Å². The Labute approximate surface area is 245 Å². The molecule has 0 bridgehead atoms. The minimum atomic E-state index is 0.334. The van der Waals surface area contributed by atoms with Gasteiger partial charge in [0.1, 0.15) is 17.1 Å². The summed E-state index contributed by atoms with van der Waals surface area (Å²) in [6.07, 6.45) is 5.94. The van der Waals surface area contributed by atoms with E-state index in [4.69, 9.17) is 21.3 Å². The van der Waals surface area contributed by atoms with Gasteiger partial charge in [0.15, 0.2) is 5.65 Å². The Bertz CT molecular complexity index is 1410. The first-order chi connectivity index (χ1) is 19.6. The molecule has 2 fully saturated rings. The minimum Gasteiger partial charge on any atom is -0.497 e. The SMILES string of the molecule is COc1ccc(CN2CCC(Nc3c(Cl)cnc4[nH]c(-c5ccc(N6CCN(SC)CC6)cc5)nc34)CC2)cc1. The molecule has 10 heteroatoms. The van der Waals surface area contributed by atoms with E-state index in [1.807, 2.05) is 24.1 Å². The van der Waals surface area contributed by atoms with E-state index < -0.39 is 0 Å². The maximum Gasteiger partial charge on any atom is 0.159 e. The molecule has 4 aromatic rings. The normalized spacial score (nSPS) is 17.4. The molecule has 2 aromatic heterocycles. The van der Waals surface area contributed by atoms with Crippen molar-refractivity contribution in [2.24, 2.45) is 0 Å². The molecule has 4 heterocycles. The summed E-state index contributed by atoms with van der Waals surface area (Å²) < 4.78 is 7.69. The molecule has 2 N–H and O–H groups in total. The van der Waals surface area contributed by atoms with Gasteiger partial charge in [0, 0.05) is 63.1 Å². The van der Waals surface area contributed by atoms with Crippen molar-refractivity contribution in [3.63, 3.8) is 0 Å². The second kappa shape index (κ2) is 12.3. The Balaban J connectivity index is 1.11. The fourth-order valence-electron chi connectivity index (χ4n) is 5.59. The number of piperazine rings is 1. The van der Waals surface area contributed by atoms with Gasteiger partial charge < -0.3 is 19.9 Å². The molecule has 6 rings (SSSR count). The predicted octanol–water partition coefficient (Wildman–Crippen LogP) is 5.76. The molecule has 2 aromatic carbocycles. The van der Waals surface area contributed by atoms with Crippen LogP contribution in [0.15, 0.2) is 54.7 Å². The number of ether oxygens (including phenoxy) is 1. The average Bonchev–Trinajstić information content (AvgIpc) is 3.45. The molecule has 0 spiro atoms. The van der Waals surface area contributed by atoms with Crippen molar-refractivity contribution >= 4 is 46.1 Å². The summed E-state index contributed by atoms with van der Waals surface area (Å²) in [6.45, 7) is 7.25. The number of nitrogens with zero attached hydrogens (tertiary/aromatic N) is 5. The van der Waals surface area contributed by atoms with Crippen molar-refractivity contribution in [2.45, 2.75) is 25.4 Å². The first-order valence-corrected chi connectivity index (χ1v) is 15.5. The quantitative estimate of drug-likeness (QED) is 0.256. The van der Waals surface area contributed by atoms with Gasteiger partial charge in [0.25, 0.3) is 0 Å². The van der Waals surface area contributed by atoms with Gasteiger partial charge in [-0.1, -0.05) is 35.7 Å². The van der Waals surface area contributed by atoms with Crippen molar-refractivity contribution in [1.82, 2.24) is 24.2 Å². The van der Waals surface area contributed by atoms with Gasteiger partial charge in [-0.15, -0.1) is 0 Å². The summed E-state index contributed by atoms with van der Waals surface area (Å²) in [5, 5.41) is 4.31. The van der Waals surface area contributed by atoms with Crippen LogP contribution >= 0.6 is 23.5 Å². The summed E-state index contributed by atoms with van der Waals surface area (Å²) in [7, 11) is 1.70. The Hall–Kier alpha value is -2.98. The molecule has 40 heavy (non-hydrogen) atoms. The molecule has 0 saturated carbocycles. The third kappa shape index (κ3) is 6.02. The Morgan fingerprint density at radius 3 is 2.40 bits per heavy atom. The van der Waals surface area contributed by atoms with Gasteiger partial charge in [-0.05, 0) is 61.1 Å². The number of anilines is 2. The van der Waals surface area contributed by atoms with E-state index in [1.54, 1.807) is 13.3 Å². The number of nitrogens with one attached hydrogen (secondary N) is 2. The maximum absolute atomic E-state index is 6.66. The Morgan fingerprint density at radius 2 is 1.73 bits per heavy atom. The lowest BCUT2D eigenvalue weighted by molar-refractivity contribution is 0.211. The molecule has 210 valence electrons. The van der Waals surface area contributed by atoms with Crippen LogP contribution in [0.3, 0.4) is 0 Å². The fourth-order valence-corrected chi connectivity index (χ4v) is 6.31. The molecular weight excluding hydrogens is 542 g/mol. The zero-order valence-corrected chi connectivity index (χ0v) is 24.6. The van der Waals surface area contributed by atoms with E-state index in [2.05, 4.69) is 72.0 Å². The number of hydrogen-bond donors (Lipinski definition) is 2. The van der Waals surface area contributed by atoms with Crippen molar-refractivity contribution in [3.05, 3.63) is 65.3 Å². The third-order valence-electron chi connectivity index (χ3n) is 7.97. The molecule has 2 aliphatic rings. The van der Waals surface area contributed by atoms with Crippen LogP contribution in [0.25, 0.3) is 22.6 Å².